The summed E-state index contributed by atoms with van der Waals surface area (Å²) >= 11 is 0. The first-order valence-corrected chi connectivity index (χ1v) is 10.3. The maximum atomic E-state index is 12.1. The molecule has 2 aromatic carbocycles. The first kappa shape index (κ1) is 19.2. The predicted molar refractivity (Wildman–Crippen MR) is 114 cm³/mol. The molecule has 2 aromatic rings. The normalized spacial score (nSPS) is 15.4. The zero-order chi connectivity index (χ0) is 20.1. The number of rotatable bonds is 6. The highest BCUT2D eigenvalue weighted by atomic mass is 16.6. The summed E-state index contributed by atoms with van der Waals surface area (Å²) in [7, 11) is 0. The van der Waals surface area contributed by atoms with Gasteiger partial charge in [-0.3, -0.25) is 4.79 Å². The molecule has 1 amide bonds. The van der Waals surface area contributed by atoms with Crippen molar-refractivity contribution in [2.45, 2.75) is 32.1 Å². The first-order valence-electron chi connectivity index (χ1n) is 10.3. The van der Waals surface area contributed by atoms with Gasteiger partial charge < -0.3 is 15.0 Å². The number of carbonyl (C=O) groups is 2. The van der Waals surface area contributed by atoms with Gasteiger partial charge in [-0.05, 0) is 72.6 Å². The van der Waals surface area contributed by atoms with Crippen molar-refractivity contribution in [1.29, 1.82) is 0 Å². The number of carbonyl (C=O) groups excluding carboxylic acids is 2. The number of benzene rings is 2. The minimum absolute atomic E-state index is 0.0258. The van der Waals surface area contributed by atoms with E-state index in [4.69, 9.17) is 4.74 Å². The average Bonchev–Trinajstić information content (AvgIpc) is 2.74. The van der Waals surface area contributed by atoms with Crippen LogP contribution in [0.4, 0.5) is 10.5 Å². The van der Waals surface area contributed by atoms with Crippen LogP contribution in [0, 0.1) is 0 Å². The number of aldehydes is 1. The van der Waals surface area contributed by atoms with E-state index in [2.05, 4.69) is 22.3 Å². The Bertz CT molecular complexity index is 890. The summed E-state index contributed by atoms with van der Waals surface area (Å²) in [6, 6.07) is 14.1. The fourth-order valence-electron chi connectivity index (χ4n) is 4.26. The summed E-state index contributed by atoms with van der Waals surface area (Å²) in [5.41, 5.74) is 6.10. The second-order valence-corrected chi connectivity index (χ2v) is 7.60. The summed E-state index contributed by atoms with van der Waals surface area (Å²) in [4.78, 5) is 26.0. The highest BCUT2D eigenvalue weighted by Crippen LogP contribution is 2.36. The highest BCUT2D eigenvalue weighted by molar-refractivity contribution is 5.84. The molecule has 0 saturated heterocycles. The van der Waals surface area contributed by atoms with E-state index in [-0.39, 0.29) is 5.76 Å². The molecule has 29 heavy (non-hydrogen) atoms. The lowest BCUT2D eigenvalue weighted by Crippen LogP contribution is -2.34. The van der Waals surface area contributed by atoms with Crippen LogP contribution in [0.15, 0.2) is 48.2 Å². The molecule has 1 N–H and O–H groups in total. The Kier molecular flexibility index (Phi) is 5.94. The SMILES string of the molecule is O=C/C(=C\c1cc2c3c(c1)CCCN3CCC2)OC(=O)NCCc1ccccc1. The van der Waals surface area contributed by atoms with Crippen molar-refractivity contribution in [3.8, 4) is 0 Å². The summed E-state index contributed by atoms with van der Waals surface area (Å²) in [6.45, 7) is 2.70. The molecular formula is C24H26N2O3. The molecule has 150 valence electrons. The third-order valence-electron chi connectivity index (χ3n) is 5.52. The van der Waals surface area contributed by atoms with E-state index < -0.39 is 6.09 Å². The van der Waals surface area contributed by atoms with Crippen molar-refractivity contribution in [2.75, 3.05) is 24.5 Å². The molecule has 5 heteroatoms. The van der Waals surface area contributed by atoms with Crippen LogP contribution in [-0.4, -0.2) is 32.0 Å². The second-order valence-electron chi connectivity index (χ2n) is 7.60. The van der Waals surface area contributed by atoms with Gasteiger partial charge in [0.05, 0.1) is 0 Å². The highest BCUT2D eigenvalue weighted by Gasteiger charge is 2.24. The molecule has 0 fully saturated rings. The van der Waals surface area contributed by atoms with Crippen LogP contribution in [0.5, 0.6) is 0 Å². The number of hydrogen-bond donors (Lipinski definition) is 1. The second kappa shape index (κ2) is 8.95. The van der Waals surface area contributed by atoms with E-state index in [1.54, 1.807) is 6.08 Å². The van der Waals surface area contributed by atoms with E-state index in [1.165, 1.54) is 16.8 Å². The van der Waals surface area contributed by atoms with Gasteiger partial charge in [0.25, 0.3) is 0 Å². The maximum Gasteiger partial charge on any atom is 0.412 e. The van der Waals surface area contributed by atoms with Gasteiger partial charge in [0, 0.05) is 25.3 Å². The lowest BCUT2D eigenvalue weighted by molar-refractivity contribution is -0.106. The zero-order valence-electron chi connectivity index (χ0n) is 16.5. The van der Waals surface area contributed by atoms with Gasteiger partial charge in [-0.25, -0.2) is 4.79 Å². The van der Waals surface area contributed by atoms with E-state index in [0.717, 1.165) is 49.9 Å². The van der Waals surface area contributed by atoms with Crippen molar-refractivity contribution >= 4 is 24.1 Å². The van der Waals surface area contributed by atoms with Gasteiger partial charge in [-0.2, -0.15) is 0 Å². The smallest absolute Gasteiger partial charge is 0.407 e. The quantitative estimate of drug-likeness (QED) is 0.462. The molecule has 0 spiro atoms. The molecule has 2 aliphatic heterocycles. The molecule has 0 radical (unpaired) electrons. The molecule has 0 aromatic heterocycles. The van der Waals surface area contributed by atoms with Crippen LogP contribution in [0.25, 0.3) is 6.08 Å². The summed E-state index contributed by atoms with van der Waals surface area (Å²) in [5, 5.41) is 2.70. The largest absolute Gasteiger partial charge is 0.412 e. The van der Waals surface area contributed by atoms with Gasteiger partial charge in [-0.15, -0.1) is 0 Å². The number of nitrogens with one attached hydrogen (secondary N) is 1. The van der Waals surface area contributed by atoms with Gasteiger partial charge >= 0.3 is 6.09 Å². The number of amides is 1. The van der Waals surface area contributed by atoms with Crippen LogP contribution < -0.4 is 10.2 Å². The van der Waals surface area contributed by atoms with Crippen molar-refractivity contribution in [1.82, 2.24) is 5.32 Å². The number of hydrogen-bond acceptors (Lipinski definition) is 4. The number of ether oxygens (including phenoxy) is 1. The number of anilines is 1. The van der Waals surface area contributed by atoms with Crippen LogP contribution in [0.1, 0.15) is 35.1 Å². The Morgan fingerprint density at radius 3 is 2.41 bits per heavy atom. The molecule has 0 aliphatic carbocycles. The van der Waals surface area contributed by atoms with Crippen LogP contribution >= 0.6 is 0 Å². The first-order chi connectivity index (χ1) is 14.2. The van der Waals surface area contributed by atoms with E-state index >= 15 is 0 Å². The molecule has 0 saturated carbocycles. The topological polar surface area (TPSA) is 58.6 Å². The zero-order valence-corrected chi connectivity index (χ0v) is 16.5. The minimum atomic E-state index is -0.607. The summed E-state index contributed by atoms with van der Waals surface area (Å²) in [6.07, 6.45) is 6.77. The van der Waals surface area contributed by atoms with Crippen LogP contribution in [0.2, 0.25) is 0 Å². The van der Waals surface area contributed by atoms with E-state index in [9.17, 15) is 9.59 Å². The molecule has 0 atom stereocenters. The minimum Gasteiger partial charge on any atom is -0.407 e. The molecule has 5 nitrogen and oxygen atoms in total. The summed E-state index contributed by atoms with van der Waals surface area (Å²) < 4.78 is 5.23. The van der Waals surface area contributed by atoms with Crippen molar-refractivity contribution in [2.24, 2.45) is 0 Å². The Hall–Kier alpha value is -3.08. The molecule has 0 unspecified atom stereocenters. The number of alkyl carbamates (subject to hydrolysis) is 1. The van der Waals surface area contributed by atoms with E-state index in [1.807, 2.05) is 30.3 Å². The summed E-state index contributed by atoms with van der Waals surface area (Å²) in [5.74, 6) is 0.0258. The van der Waals surface area contributed by atoms with Gasteiger partial charge in [0.2, 0.25) is 0 Å². The molecule has 2 aliphatic rings. The standard InChI is InChI=1S/C24H26N2O3/c27-17-22(29-24(28)25-11-10-18-6-2-1-3-7-18)16-19-14-20-8-4-12-26-13-5-9-21(15-19)23(20)26/h1-3,6-7,14-17H,4-5,8-13H2,(H,25,28)/b22-16+. The Balaban J connectivity index is 1.41. The van der Waals surface area contributed by atoms with Gasteiger partial charge in [0.1, 0.15) is 0 Å². The Labute approximate surface area is 171 Å². The number of allylic oxidation sites excluding steroid dienone is 1. The van der Waals surface area contributed by atoms with Crippen LogP contribution in [-0.2, 0) is 28.8 Å². The third-order valence-corrected chi connectivity index (χ3v) is 5.52. The monoisotopic (exact) mass is 390 g/mol. The molecule has 2 heterocycles. The fraction of sp³-hybridized carbons (Fsp3) is 0.333. The van der Waals surface area contributed by atoms with Crippen LogP contribution in [0.3, 0.4) is 0 Å². The van der Waals surface area contributed by atoms with Gasteiger partial charge in [-0.1, -0.05) is 30.3 Å². The Morgan fingerprint density at radius 1 is 1.07 bits per heavy atom. The van der Waals surface area contributed by atoms with E-state index in [0.29, 0.717) is 19.3 Å². The van der Waals surface area contributed by atoms with Gasteiger partial charge in [0.15, 0.2) is 12.0 Å². The maximum absolute atomic E-state index is 12.1. The lowest BCUT2D eigenvalue weighted by Gasteiger charge is -2.37. The average molecular weight is 390 g/mol. The van der Waals surface area contributed by atoms with Crippen molar-refractivity contribution in [3.63, 3.8) is 0 Å². The number of aryl methyl sites for hydroxylation is 2. The van der Waals surface area contributed by atoms with Crippen molar-refractivity contribution < 1.29 is 14.3 Å². The third kappa shape index (κ3) is 4.67. The number of nitrogens with zero attached hydrogens (tertiary/aromatic N) is 1. The Morgan fingerprint density at radius 2 is 1.76 bits per heavy atom. The van der Waals surface area contributed by atoms with Crippen molar-refractivity contribution in [3.05, 3.63) is 70.5 Å². The lowest BCUT2D eigenvalue weighted by atomic mass is 9.90. The molecular weight excluding hydrogens is 364 g/mol. The fourth-order valence-corrected chi connectivity index (χ4v) is 4.26. The molecule has 4 rings (SSSR count). The predicted octanol–water partition coefficient (Wildman–Crippen LogP) is 3.89. The molecule has 0 bridgehead atoms.